The minimum Gasteiger partial charge on any atom is -0.478 e. The van der Waals surface area contributed by atoms with E-state index in [1.807, 2.05) is 65.6 Å². The van der Waals surface area contributed by atoms with Gasteiger partial charge >= 0.3 is 5.97 Å². The lowest BCUT2D eigenvalue weighted by atomic mass is 9.88. The Morgan fingerprint density at radius 2 is 1.51 bits per heavy atom. The molecule has 1 N–H and O–H groups in total. The van der Waals surface area contributed by atoms with Crippen LogP contribution in [0.4, 0.5) is 11.4 Å². The molecule has 0 heterocycles. The van der Waals surface area contributed by atoms with Crippen LogP contribution < -0.4 is 9.21 Å². The molecular weight excluding hydrogens is 512 g/mol. The normalized spacial score (nSPS) is 14.3. The van der Waals surface area contributed by atoms with E-state index in [2.05, 4.69) is 0 Å². The number of anilines is 2. The van der Waals surface area contributed by atoms with E-state index in [0.29, 0.717) is 12.2 Å². The van der Waals surface area contributed by atoms with Gasteiger partial charge in [0.15, 0.2) is 0 Å². The fourth-order valence-corrected chi connectivity index (χ4v) is 5.38. The highest BCUT2D eigenvalue weighted by molar-refractivity contribution is 7.92. The first-order chi connectivity index (χ1) is 18.6. The zero-order valence-electron chi connectivity index (χ0n) is 22.3. The van der Waals surface area contributed by atoms with E-state index in [1.54, 1.807) is 12.1 Å². The molecule has 8 heteroatoms. The van der Waals surface area contributed by atoms with Crippen molar-refractivity contribution in [3.05, 3.63) is 90.0 Å². The Bertz CT molecular complexity index is 1440. The van der Waals surface area contributed by atoms with Crippen LogP contribution in [-0.4, -0.2) is 38.7 Å². The fraction of sp³-hybridized carbons (Fsp3) is 0.290. The quantitative estimate of drug-likeness (QED) is 0.334. The minimum atomic E-state index is -3.33. The van der Waals surface area contributed by atoms with Crippen molar-refractivity contribution in [2.75, 3.05) is 22.5 Å². The van der Waals surface area contributed by atoms with Crippen molar-refractivity contribution in [1.29, 1.82) is 0 Å². The molecular formula is C31H34N2O5S. The van der Waals surface area contributed by atoms with Gasteiger partial charge < -0.3 is 10.0 Å². The molecule has 0 spiro atoms. The number of carboxylic acid groups (broad SMARTS) is 1. The molecule has 39 heavy (non-hydrogen) atoms. The third kappa shape index (κ3) is 7.35. The van der Waals surface area contributed by atoms with Crippen molar-refractivity contribution in [2.24, 2.45) is 5.92 Å². The summed E-state index contributed by atoms with van der Waals surface area (Å²) in [6, 6.07) is 22.7. The van der Waals surface area contributed by atoms with Crippen molar-refractivity contribution in [3.8, 4) is 11.1 Å². The zero-order valence-corrected chi connectivity index (χ0v) is 23.1. The molecule has 1 amide bonds. The van der Waals surface area contributed by atoms with E-state index in [1.165, 1.54) is 23.7 Å². The van der Waals surface area contributed by atoms with E-state index < -0.39 is 16.0 Å². The molecule has 1 fully saturated rings. The van der Waals surface area contributed by atoms with Crippen LogP contribution >= 0.6 is 0 Å². The molecule has 3 aromatic carbocycles. The molecule has 0 aliphatic heterocycles. The number of carbonyl (C=O) groups is 2. The fourth-order valence-electron chi connectivity index (χ4n) is 4.87. The van der Waals surface area contributed by atoms with E-state index in [4.69, 9.17) is 5.11 Å². The van der Waals surface area contributed by atoms with Crippen molar-refractivity contribution in [2.45, 2.75) is 38.6 Å². The lowest BCUT2D eigenvalue weighted by Gasteiger charge is -2.30. The van der Waals surface area contributed by atoms with Gasteiger partial charge in [0.2, 0.25) is 15.9 Å². The molecule has 204 valence electrons. The summed E-state index contributed by atoms with van der Waals surface area (Å²) >= 11 is 0. The molecule has 1 saturated carbocycles. The molecule has 0 aromatic heterocycles. The summed E-state index contributed by atoms with van der Waals surface area (Å²) in [5, 5.41) is 9.00. The highest BCUT2D eigenvalue weighted by Gasteiger charge is 2.27. The van der Waals surface area contributed by atoms with Crippen molar-refractivity contribution >= 4 is 39.4 Å². The van der Waals surface area contributed by atoms with E-state index >= 15 is 0 Å². The Hall–Kier alpha value is -3.91. The minimum absolute atomic E-state index is 0.0141. The summed E-state index contributed by atoms with van der Waals surface area (Å²) in [5.41, 5.74) is 4.97. The predicted molar refractivity (Wildman–Crippen MR) is 156 cm³/mol. The van der Waals surface area contributed by atoms with E-state index in [9.17, 15) is 18.0 Å². The first kappa shape index (κ1) is 28.1. The van der Waals surface area contributed by atoms with E-state index in [-0.39, 0.29) is 11.8 Å². The SMILES string of the molecule is CN(c1ccc(-c2ccc(CN(C(=O)C3CCCCC3)c3cccc(C=CC(=O)O)c3)cc2)cc1)S(C)(=O)=O. The van der Waals surface area contributed by atoms with Gasteiger partial charge in [-0.05, 0) is 65.4 Å². The maximum atomic E-state index is 13.7. The maximum Gasteiger partial charge on any atom is 0.328 e. The Labute approximate surface area is 230 Å². The molecule has 0 radical (unpaired) electrons. The average Bonchev–Trinajstić information content (AvgIpc) is 2.94. The zero-order chi connectivity index (χ0) is 28.0. The smallest absolute Gasteiger partial charge is 0.328 e. The predicted octanol–water partition coefficient (Wildman–Crippen LogP) is 5.96. The first-order valence-corrected chi connectivity index (χ1v) is 14.9. The van der Waals surface area contributed by atoms with Gasteiger partial charge in [-0.3, -0.25) is 9.10 Å². The third-order valence-corrected chi connectivity index (χ3v) is 8.38. The van der Waals surface area contributed by atoms with Gasteiger partial charge in [0.05, 0.1) is 18.5 Å². The number of rotatable bonds is 9. The van der Waals surface area contributed by atoms with Crippen molar-refractivity contribution in [3.63, 3.8) is 0 Å². The maximum absolute atomic E-state index is 13.7. The van der Waals surface area contributed by atoms with Gasteiger partial charge in [-0.1, -0.05) is 67.8 Å². The first-order valence-electron chi connectivity index (χ1n) is 13.1. The largest absolute Gasteiger partial charge is 0.478 e. The number of hydrogen-bond acceptors (Lipinski definition) is 4. The highest BCUT2D eigenvalue weighted by Crippen LogP contribution is 2.30. The number of benzene rings is 3. The lowest BCUT2D eigenvalue weighted by molar-refractivity contribution is -0.131. The van der Waals surface area contributed by atoms with Gasteiger partial charge in [-0.15, -0.1) is 0 Å². The van der Waals surface area contributed by atoms with Crippen LogP contribution in [0.5, 0.6) is 0 Å². The third-order valence-electron chi connectivity index (χ3n) is 7.18. The van der Waals surface area contributed by atoms with Crippen LogP contribution in [0.2, 0.25) is 0 Å². The molecule has 1 aliphatic carbocycles. The molecule has 7 nitrogen and oxygen atoms in total. The number of aliphatic carboxylic acids is 1. The average molecular weight is 547 g/mol. The van der Waals surface area contributed by atoms with Crippen LogP contribution in [0.25, 0.3) is 17.2 Å². The van der Waals surface area contributed by atoms with Gasteiger partial charge in [0.1, 0.15) is 0 Å². The van der Waals surface area contributed by atoms with Gasteiger partial charge in [0, 0.05) is 24.7 Å². The number of carbonyl (C=O) groups excluding carboxylic acids is 1. The number of nitrogens with zero attached hydrogens (tertiary/aromatic N) is 2. The number of amides is 1. The van der Waals surface area contributed by atoms with Crippen molar-refractivity contribution in [1.82, 2.24) is 0 Å². The second-order valence-corrected chi connectivity index (χ2v) is 12.0. The summed E-state index contributed by atoms with van der Waals surface area (Å²) in [5.74, 6) is -0.934. The summed E-state index contributed by atoms with van der Waals surface area (Å²) in [6.45, 7) is 0.403. The Morgan fingerprint density at radius 1 is 0.897 bits per heavy atom. The van der Waals surface area contributed by atoms with E-state index in [0.717, 1.165) is 66.1 Å². The second-order valence-electron chi connectivity index (χ2n) is 10.0. The number of hydrogen-bond donors (Lipinski definition) is 1. The molecule has 3 aromatic rings. The number of sulfonamides is 1. The molecule has 0 atom stereocenters. The Morgan fingerprint density at radius 3 is 2.10 bits per heavy atom. The summed E-state index contributed by atoms with van der Waals surface area (Å²) < 4.78 is 24.9. The van der Waals surface area contributed by atoms with Gasteiger partial charge in [0.25, 0.3) is 0 Å². The van der Waals surface area contributed by atoms with Crippen molar-refractivity contribution < 1.29 is 23.1 Å². The molecule has 1 aliphatic rings. The monoisotopic (exact) mass is 546 g/mol. The molecule has 0 saturated heterocycles. The van der Waals surface area contributed by atoms with Crippen LogP contribution in [0.3, 0.4) is 0 Å². The second kappa shape index (κ2) is 12.3. The summed E-state index contributed by atoms with van der Waals surface area (Å²) in [4.78, 5) is 26.5. The van der Waals surface area contributed by atoms with Crippen LogP contribution in [0.15, 0.2) is 78.9 Å². The van der Waals surface area contributed by atoms with Crippen LogP contribution in [-0.2, 0) is 26.2 Å². The standard InChI is InChI=1S/C31H34N2O5S/c1-32(39(2,37)38)28-18-16-26(17-19-28)25-14-11-24(12-15-25)22-33(31(36)27-8-4-3-5-9-27)29-10-6-7-23(21-29)13-20-30(34)35/h6-7,10-21,27H,3-5,8-9,22H2,1-2H3,(H,34,35). The molecule has 4 rings (SSSR count). The lowest BCUT2D eigenvalue weighted by Crippen LogP contribution is -2.36. The summed E-state index contributed by atoms with van der Waals surface area (Å²) in [6.07, 6.45) is 8.84. The Kier molecular flexibility index (Phi) is 8.86. The number of carboxylic acids is 1. The van der Waals surface area contributed by atoms with Gasteiger partial charge in [-0.25, -0.2) is 13.2 Å². The van der Waals surface area contributed by atoms with Crippen LogP contribution in [0, 0.1) is 5.92 Å². The highest BCUT2D eigenvalue weighted by atomic mass is 32.2. The van der Waals surface area contributed by atoms with Crippen LogP contribution in [0.1, 0.15) is 43.2 Å². The Balaban J connectivity index is 1.57. The summed E-state index contributed by atoms with van der Waals surface area (Å²) in [7, 11) is -1.80. The molecule has 0 unspecified atom stereocenters. The molecule has 0 bridgehead atoms. The van der Waals surface area contributed by atoms with Gasteiger partial charge in [-0.2, -0.15) is 0 Å². The topological polar surface area (TPSA) is 95.0 Å².